The summed E-state index contributed by atoms with van der Waals surface area (Å²) in [4.78, 5) is 13.5. The van der Waals surface area contributed by atoms with Crippen molar-refractivity contribution >= 4 is 5.91 Å². The van der Waals surface area contributed by atoms with Gasteiger partial charge in [0.15, 0.2) is 11.5 Å². The third-order valence-electron chi connectivity index (χ3n) is 4.54. The minimum atomic E-state index is -0.0649. The fraction of sp³-hybridized carbons (Fsp3) is 0.632. The number of fused-ring (bicyclic) bond motifs is 1. The standard InChI is InChI=1S/C19H28N2O5/c1-3-23-16-6-4-5-7-17(16)24-9-8-21-10-18-19(11-21)26-13-15(12-25-18)20-14(2)22/h4-7,15,18-19H,3,8-13H2,1-2H3,(H,20,22)/t18-,19-/m0/s1. The van der Waals surface area contributed by atoms with Crippen molar-refractivity contribution in [3.63, 3.8) is 0 Å². The first kappa shape index (κ1) is 18.9. The minimum Gasteiger partial charge on any atom is -0.490 e. The fourth-order valence-corrected chi connectivity index (χ4v) is 3.35. The Labute approximate surface area is 154 Å². The molecule has 0 radical (unpaired) electrons. The van der Waals surface area contributed by atoms with Gasteiger partial charge in [0.1, 0.15) is 6.61 Å². The summed E-state index contributed by atoms with van der Waals surface area (Å²) in [5.41, 5.74) is 0. The van der Waals surface area contributed by atoms with Gasteiger partial charge < -0.3 is 24.3 Å². The topological polar surface area (TPSA) is 69.3 Å². The minimum absolute atomic E-state index is 0.0458. The molecule has 3 rings (SSSR count). The van der Waals surface area contributed by atoms with Crippen LogP contribution in [0.25, 0.3) is 0 Å². The average molecular weight is 364 g/mol. The van der Waals surface area contributed by atoms with Gasteiger partial charge in [-0.2, -0.15) is 0 Å². The normalized spacial score (nSPS) is 23.9. The molecule has 0 unspecified atom stereocenters. The Morgan fingerprint density at radius 3 is 2.35 bits per heavy atom. The second-order valence-electron chi connectivity index (χ2n) is 6.63. The smallest absolute Gasteiger partial charge is 0.217 e. The van der Waals surface area contributed by atoms with E-state index in [0.717, 1.165) is 31.1 Å². The monoisotopic (exact) mass is 364 g/mol. The number of benzene rings is 1. The molecule has 2 atom stereocenters. The van der Waals surface area contributed by atoms with Crippen molar-refractivity contribution in [1.29, 1.82) is 0 Å². The predicted molar refractivity (Wildman–Crippen MR) is 96.6 cm³/mol. The van der Waals surface area contributed by atoms with Gasteiger partial charge in [0.05, 0.1) is 38.1 Å². The van der Waals surface area contributed by atoms with Gasteiger partial charge in [-0.05, 0) is 19.1 Å². The molecule has 1 aromatic carbocycles. The summed E-state index contributed by atoms with van der Waals surface area (Å²) < 4.78 is 23.4. The van der Waals surface area contributed by atoms with Crippen LogP contribution in [-0.4, -0.2) is 75.1 Å². The summed E-state index contributed by atoms with van der Waals surface area (Å²) in [6, 6.07) is 7.66. The van der Waals surface area contributed by atoms with Crippen LogP contribution in [0.2, 0.25) is 0 Å². The van der Waals surface area contributed by atoms with Gasteiger partial charge in [0.2, 0.25) is 5.91 Å². The Bertz CT molecular complexity index is 581. The fourth-order valence-electron chi connectivity index (χ4n) is 3.35. The first-order valence-electron chi connectivity index (χ1n) is 9.23. The van der Waals surface area contributed by atoms with E-state index >= 15 is 0 Å². The number of hydrogen-bond acceptors (Lipinski definition) is 6. The molecule has 7 heteroatoms. The van der Waals surface area contributed by atoms with Gasteiger partial charge in [-0.1, -0.05) is 12.1 Å². The molecular weight excluding hydrogens is 336 g/mol. The number of amides is 1. The number of hydrogen-bond donors (Lipinski definition) is 1. The highest BCUT2D eigenvalue weighted by Gasteiger charge is 2.37. The molecule has 7 nitrogen and oxygen atoms in total. The average Bonchev–Trinajstić information content (AvgIpc) is 2.92. The molecule has 1 N–H and O–H groups in total. The molecule has 2 fully saturated rings. The van der Waals surface area contributed by atoms with Crippen LogP contribution in [0.15, 0.2) is 24.3 Å². The zero-order valence-electron chi connectivity index (χ0n) is 15.5. The number of carbonyl (C=O) groups excluding carboxylic acids is 1. The van der Waals surface area contributed by atoms with E-state index in [1.54, 1.807) is 0 Å². The molecule has 2 heterocycles. The van der Waals surface area contributed by atoms with Crippen LogP contribution in [0, 0.1) is 0 Å². The van der Waals surface area contributed by atoms with Crippen LogP contribution in [-0.2, 0) is 14.3 Å². The molecule has 26 heavy (non-hydrogen) atoms. The maximum atomic E-state index is 11.2. The SMILES string of the molecule is CCOc1ccccc1OCCN1C[C@@H]2OCC(NC(C)=O)CO[C@H]2C1. The number of likely N-dealkylation sites (tertiary alicyclic amines) is 1. The number of nitrogens with one attached hydrogen (secondary N) is 1. The second kappa shape index (κ2) is 9.21. The highest BCUT2D eigenvalue weighted by atomic mass is 16.6. The molecule has 0 spiro atoms. The first-order chi connectivity index (χ1) is 12.7. The largest absolute Gasteiger partial charge is 0.490 e. The van der Waals surface area contributed by atoms with Crippen LogP contribution >= 0.6 is 0 Å². The van der Waals surface area contributed by atoms with Gasteiger partial charge >= 0.3 is 0 Å². The van der Waals surface area contributed by atoms with Crippen LogP contribution in [0.1, 0.15) is 13.8 Å². The number of nitrogens with zero attached hydrogens (tertiary/aromatic N) is 1. The highest BCUT2D eigenvalue weighted by Crippen LogP contribution is 2.26. The molecule has 0 aliphatic carbocycles. The maximum absolute atomic E-state index is 11.2. The lowest BCUT2D eigenvalue weighted by Gasteiger charge is -2.19. The van der Waals surface area contributed by atoms with Crippen molar-refractivity contribution in [1.82, 2.24) is 10.2 Å². The predicted octanol–water partition coefficient (Wildman–Crippen LogP) is 1.07. The van der Waals surface area contributed by atoms with Crippen molar-refractivity contribution in [2.24, 2.45) is 0 Å². The van der Waals surface area contributed by atoms with E-state index in [2.05, 4.69) is 10.2 Å². The van der Waals surface area contributed by atoms with Gasteiger partial charge in [-0.3, -0.25) is 9.69 Å². The Balaban J connectivity index is 1.43. The van der Waals surface area contributed by atoms with Crippen LogP contribution < -0.4 is 14.8 Å². The lowest BCUT2D eigenvalue weighted by atomic mass is 10.3. The third kappa shape index (κ3) is 5.09. The van der Waals surface area contributed by atoms with Crippen molar-refractivity contribution < 1.29 is 23.7 Å². The van der Waals surface area contributed by atoms with E-state index in [1.807, 2.05) is 31.2 Å². The number of carbonyl (C=O) groups is 1. The summed E-state index contributed by atoms with van der Waals surface area (Å²) in [7, 11) is 0. The Hall–Kier alpha value is -1.83. The summed E-state index contributed by atoms with van der Waals surface area (Å²) in [6.45, 7) is 8.08. The molecule has 1 aromatic rings. The Morgan fingerprint density at radius 2 is 1.77 bits per heavy atom. The van der Waals surface area contributed by atoms with Gasteiger partial charge in [-0.25, -0.2) is 0 Å². The summed E-state index contributed by atoms with van der Waals surface area (Å²) >= 11 is 0. The van der Waals surface area contributed by atoms with E-state index in [4.69, 9.17) is 18.9 Å². The van der Waals surface area contributed by atoms with E-state index in [-0.39, 0.29) is 24.2 Å². The van der Waals surface area contributed by atoms with Crippen molar-refractivity contribution in [2.75, 3.05) is 46.1 Å². The lowest BCUT2D eigenvalue weighted by molar-refractivity contribution is -0.120. The molecule has 1 amide bonds. The highest BCUT2D eigenvalue weighted by molar-refractivity contribution is 5.73. The second-order valence-corrected chi connectivity index (χ2v) is 6.63. The first-order valence-corrected chi connectivity index (χ1v) is 9.23. The number of rotatable bonds is 7. The van der Waals surface area contributed by atoms with E-state index in [1.165, 1.54) is 6.92 Å². The molecule has 2 saturated heterocycles. The zero-order valence-corrected chi connectivity index (χ0v) is 15.5. The summed E-state index contributed by atoms with van der Waals surface area (Å²) in [5, 5.41) is 2.86. The summed E-state index contributed by atoms with van der Waals surface area (Å²) in [6.07, 6.45) is 0.0916. The Kier molecular flexibility index (Phi) is 6.71. The molecule has 0 aromatic heterocycles. The molecule has 0 saturated carbocycles. The Morgan fingerprint density at radius 1 is 1.15 bits per heavy atom. The van der Waals surface area contributed by atoms with Crippen molar-refractivity contribution in [3.05, 3.63) is 24.3 Å². The maximum Gasteiger partial charge on any atom is 0.217 e. The van der Waals surface area contributed by atoms with E-state index in [0.29, 0.717) is 26.4 Å². The molecular formula is C19H28N2O5. The van der Waals surface area contributed by atoms with Crippen LogP contribution in [0.3, 0.4) is 0 Å². The van der Waals surface area contributed by atoms with Gasteiger partial charge in [0.25, 0.3) is 0 Å². The van der Waals surface area contributed by atoms with E-state index < -0.39 is 0 Å². The molecule has 2 aliphatic rings. The van der Waals surface area contributed by atoms with Crippen LogP contribution in [0.5, 0.6) is 11.5 Å². The van der Waals surface area contributed by atoms with Crippen molar-refractivity contribution in [3.8, 4) is 11.5 Å². The molecule has 2 aliphatic heterocycles. The quantitative estimate of drug-likeness (QED) is 0.781. The van der Waals surface area contributed by atoms with Gasteiger partial charge in [-0.15, -0.1) is 0 Å². The lowest BCUT2D eigenvalue weighted by Crippen LogP contribution is -2.40. The van der Waals surface area contributed by atoms with Gasteiger partial charge in [0, 0.05) is 26.6 Å². The molecule has 144 valence electrons. The number of ether oxygens (including phenoxy) is 4. The zero-order chi connectivity index (χ0) is 18.4. The van der Waals surface area contributed by atoms with Crippen molar-refractivity contribution in [2.45, 2.75) is 32.1 Å². The summed E-state index contributed by atoms with van der Waals surface area (Å²) in [5.74, 6) is 1.49. The molecule has 0 bridgehead atoms. The number of para-hydroxylation sites is 2. The van der Waals surface area contributed by atoms with Crippen LogP contribution in [0.4, 0.5) is 0 Å². The van der Waals surface area contributed by atoms with E-state index in [9.17, 15) is 4.79 Å². The third-order valence-corrected chi connectivity index (χ3v) is 4.54.